The number of nitrogens with one attached hydrogen (secondary N) is 1. The van der Waals surface area contributed by atoms with Gasteiger partial charge in [0.05, 0.1) is 18.2 Å². The molecule has 6 nitrogen and oxygen atoms in total. The normalized spacial score (nSPS) is 40.6. The van der Waals surface area contributed by atoms with Gasteiger partial charge in [0.15, 0.2) is 6.10 Å². The van der Waals surface area contributed by atoms with Crippen LogP contribution in [0, 0.1) is 11.3 Å². The van der Waals surface area contributed by atoms with Crippen molar-refractivity contribution in [3.05, 3.63) is 0 Å². The molecule has 1 rings (SSSR count). The fourth-order valence-corrected chi connectivity index (χ4v) is 1.61. The van der Waals surface area contributed by atoms with E-state index < -0.39 is 30.5 Å². The first-order chi connectivity index (χ1) is 6.97. The number of carbonyl (C=O) groups is 1. The maximum Gasteiger partial charge on any atom is 0.217 e. The number of rotatable bonds is 1. The average Bonchev–Trinajstić information content (AvgIpc) is 2.18. The quantitative estimate of drug-likeness (QED) is 0.494. The van der Waals surface area contributed by atoms with E-state index in [1.54, 1.807) is 13.0 Å². The van der Waals surface area contributed by atoms with E-state index in [9.17, 15) is 15.0 Å². The van der Waals surface area contributed by atoms with Crippen molar-refractivity contribution in [1.82, 2.24) is 5.32 Å². The number of ether oxygens (including phenoxy) is 1. The molecule has 0 aromatic carbocycles. The standard InChI is InChI=1S/C9H14N2O4/c1-4-7(11-5(2)12)9(14)8(13)6(3-10)15-4/h4,6-9,13-14H,1-2H3,(H,11,12)/t4?,6-,7+,8+,9-/m1/s1. The summed E-state index contributed by atoms with van der Waals surface area (Å²) in [5.41, 5.74) is 0. The lowest BCUT2D eigenvalue weighted by molar-refractivity contribution is -0.164. The van der Waals surface area contributed by atoms with Gasteiger partial charge in [0, 0.05) is 6.92 Å². The lowest BCUT2D eigenvalue weighted by atomic mass is 9.94. The minimum absolute atomic E-state index is 0.322. The Labute approximate surface area is 87.5 Å². The summed E-state index contributed by atoms with van der Waals surface area (Å²) in [7, 11) is 0. The molecule has 1 heterocycles. The van der Waals surface area contributed by atoms with Crippen LogP contribution < -0.4 is 5.32 Å². The predicted molar refractivity (Wildman–Crippen MR) is 49.6 cm³/mol. The molecular weight excluding hydrogens is 200 g/mol. The summed E-state index contributed by atoms with van der Waals surface area (Å²) in [6.07, 6.45) is -4.07. The highest BCUT2D eigenvalue weighted by molar-refractivity contribution is 5.73. The number of hydrogen-bond acceptors (Lipinski definition) is 5. The van der Waals surface area contributed by atoms with Crippen LogP contribution in [0.2, 0.25) is 0 Å². The summed E-state index contributed by atoms with van der Waals surface area (Å²) in [6, 6.07) is 1.05. The molecule has 15 heavy (non-hydrogen) atoms. The second-order valence-electron chi connectivity index (χ2n) is 3.60. The molecule has 1 unspecified atom stereocenters. The maximum absolute atomic E-state index is 10.8. The number of aliphatic hydroxyl groups excluding tert-OH is 2. The van der Waals surface area contributed by atoms with Crippen LogP contribution in [-0.2, 0) is 9.53 Å². The van der Waals surface area contributed by atoms with Gasteiger partial charge in [-0.2, -0.15) is 5.26 Å². The number of hydrogen-bond donors (Lipinski definition) is 3. The highest BCUT2D eigenvalue weighted by Crippen LogP contribution is 2.20. The molecule has 1 saturated heterocycles. The molecule has 0 saturated carbocycles. The Bertz CT molecular complexity index is 288. The van der Waals surface area contributed by atoms with Gasteiger partial charge in [0.25, 0.3) is 0 Å². The first-order valence-corrected chi connectivity index (χ1v) is 4.65. The van der Waals surface area contributed by atoms with Crippen molar-refractivity contribution in [1.29, 1.82) is 5.26 Å². The molecule has 0 bridgehead atoms. The van der Waals surface area contributed by atoms with Gasteiger partial charge in [0.2, 0.25) is 5.91 Å². The zero-order valence-electron chi connectivity index (χ0n) is 8.54. The average molecular weight is 214 g/mol. The molecule has 6 heteroatoms. The molecule has 0 aromatic heterocycles. The van der Waals surface area contributed by atoms with Crippen molar-refractivity contribution >= 4 is 5.91 Å². The van der Waals surface area contributed by atoms with E-state index in [0.717, 1.165) is 0 Å². The van der Waals surface area contributed by atoms with Crippen LogP contribution in [0.25, 0.3) is 0 Å². The van der Waals surface area contributed by atoms with Gasteiger partial charge in [-0.15, -0.1) is 0 Å². The van der Waals surface area contributed by atoms with Gasteiger partial charge in [-0.3, -0.25) is 4.79 Å². The molecule has 1 fully saturated rings. The molecular formula is C9H14N2O4. The number of nitrogens with zero attached hydrogens (tertiary/aromatic N) is 1. The molecule has 1 aliphatic heterocycles. The van der Waals surface area contributed by atoms with E-state index >= 15 is 0 Å². The smallest absolute Gasteiger partial charge is 0.217 e. The van der Waals surface area contributed by atoms with Crippen LogP contribution in [0.1, 0.15) is 13.8 Å². The summed E-state index contributed by atoms with van der Waals surface area (Å²) >= 11 is 0. The molecule has 0 radical (unpaired) electrons. The van der Waals surface area contributed by atoms with Gasteiger partial charge >= 0.3 is 0 Å². The Hall–Kier alpha value is -1.16. The molecule has 1 amide bonds. The first-order valence-electron chi connectivity index (χ1n) is 4.65. The first kappa shape index (κ1) is 11.9. The van der Waals surface area contributed by atoms with Crippen LogP contribution in [0.5, 0.6) is 0 Å². The van der Waals surface area contributed by atoms with E-state index in [1.807, 2.05) is 0 Å². The fourth-order valence-electron chi connectivity index (χ4n) is 1.61. The Morgan fingerprint density at radius 1 is 1.47 bits per heavy atom. The Morgan fingerprint density at radius 3 is 2.53 bits per heavy atom. The van der Waals surface area contributed by atoms with Crippen LogP contribution >= 0.6 is 0 Å². The Kier molecular flexibility index (Phi) is 3.63. The van der Waals surface area contributed by atoms with Gasteiger partial charge in [0.1, 0.15) is 12.2 Å². The van der Waals surface area contributed by atoms with Gasteiger partial charge in [-0.1, -0.05) is 0 Å². The van der Waals surface area contributed by atoms with E-state index in [1.165, 1.54) is 6.92 Å². The highest BCUT2D eigenvalue weighted by atomic mass is 16.5. The number of nitriles is 1. The number of aliphatic hydroxyl groups is 2. The molecule has 5 atom stereocenters. The summed E-state index contributed by atoms with van der Waals surface area (Å²) in [4.78, 5) is 10.8. The lowest BCUT2D eigenvalue weighted by Gasteiger charge is -2.39. The Balaban J connectivity index is 2.75. The highest BCUT2D eigenvalue weighted by Gasteiger charge is 2.42. The minimum Gasteiger partial charge on any atom is -0.388 e. The molecule has 1 aliphatic rings. The molecule has 0 spiro atoms. The summed E-state index contributed by atoms with van der Waals surface area (Å²) < 4.78 is 5.15. The minimum atomic E-state index is -1.30. The molecule has 84 valence electrons. The molecule has 0 aromatic rings. The molecule has 0 aliphatic carbocycles. The van der Waals surface area contributed by atoms with Crippen LogP contribution in [0.15, 0.2) is 0 Å². The monoisotopic (exact) mass is 214 g/mol. The molecule has 3 N–H and O–H groups in total. The number of amides is 1. The van der Waals surface area contributed by atoms with Crippen molar-refractivity contribution < 1.29 is 19.7 Å². The second kappa shape index (κ2) is 4.57. The van der Waals surface area contributed by atoms with E-state index in [2.05, 4.69) is 5.32 Å². The Morgan fingerprint density at radius 2 is 2.07 bits per heavy atom. The summed E-state index contributed by atoms with van der Waals surface area (Å²) in [6.45, 7) is 2.93. The van der Waals surface area contributed by atoms with Crippen molar-refractivity contribution in [2.24, 2.45) is 0 Å². The van der Waals surface area contributed by atoms with Crippen molar-refractivity contribution in [2.75, 3.05) is 0 Å². The SMILES string of the molecule is CC(=O)N[C@H]1C(C)O[C@H](C#N)[C@H](O)[C@@H]1O. The summed E-state index contributed by atoms with van der Waals surface area (Å²) in [5.74, 6) is -0.322. The van der Waals surface area contributed by atoms with E-state index in [-0.39, 0.29) is 5.91 Å². The van der Waals surface area contributed by atoms with Crippen molar-refractivity contribution in [3.63, 3.8) is 0 Å². The third-order valence-corrected chi connectivity index (χ3v) is 2.39. The second-order valence-corrected chi connectivity index (χ2v) is 3.60. The van der Waals surface area contributed by atoms with Gasteiger partial charge in [-0.25, -0.2) is 0 Å². The third-order valence-electron chi connectivity index (χ3n) is 2.39. The maximum atomic E-state index is 10.8. The lowest BCUT2D eigenvalue weighted by Crippen LogP contribution is -2.62. The van der Waals surface area contributed by atoms with Crippen molar-refractivity contribution in [2.45, 2.75) is 44.3 Å². The van der Waals surface area contributed by atoms with E-state index in [0.29, 0.717) is 0 Å². The van der Waals surface area contributed by atoms with Crippen LogP contribution in [-0.4, -0.2) is 46.6 Å². The van der Waals surface area contributed by atoms with Crippen LogP contribution in [0.3, 0.4) is 0 Å². The predicted octanol–water partition coefficient (Wildman–Crippen LogP) is -1.48. The topological polar surface area (TPSA) is 103 Å². The zero-order chi connectivity index (χ0) is 11.6. The summed E-state index contributed by atoms with van der Waals surface area (Å²) in [5, 5.41) is 30.3. The fraction of sp³-hybridized carbons (Fsp3) is 0.778. The zero-order valence-corrected chi connectivity index (χ0v) is 8.54. The third kappa shape index (κ3) is 2.45. The van der Waals surface area contributed by atoms with Crippen molar-refractivity contribution in [3.8, 4) is 6.07 Å². The van der Waals surface area contributed by atoms with Gasteiger partial charge < -0.3 is 20.3 Å². The van der Waals surface area contributed by atoms with Gasteiger partial charge in [-0.05, 0) is 6.92 Å². The number of carbonyl (C=O) groups excluding carboxylic acids is 1. The van der Waals surface area contributed by atoms with Crippen LogP contribution in [0.4, 0.5) is 0 Å². The van der Waals surface area contributed by atoms with E-state index in [4.69, 9.17) is 10.00 Å². The largest absolute Gasteiger partial charge is 0.388 e.